The van der Waals surface area contributed by atoms with Gasteiger partial charge in [0.1, 0.15) is 17.4 Å². The SMILES string of the molecule is CN(c1c[nH]c2c(N)ncnc12)C(CO)CO. The van der Waals surface area contributed by atoms with Gasteiger partial charge in [0.25, 0.3) is 0 Å². The number of aromatic amines is 1. The van der Waals surface area contributed by atoms with Gasteiger partial charge in [0, 0.05) is 13.2 Å². The molecule has 2 rings (SSSR count). The molecule has 0 fully saturated rings. The Morgan fingerprint density at radius 1 is 1.41 bits per heavy atom. The van der Waals surface area contributed by atoms with Gasteiger partial charge in [0.2, 0.25) is 0 Å². The van der Waals surface area contributed by atoms with E-state index in [9.17, 15) is 0 Å². The van der Waals surface area contributed by atoms with Crippen LogP contribution in [0.3, 0.4) is 0 Å². The maximum absolute atomic E-state index is 9.15. The highest BCUT2D eigenvalue weighted by molar-refractivity contribution is 5.94. The molecule has 0 aliphatic heterocycles. The third-order valence-corrected chi connectivity index (χ3v) is 2.82. The Morgan fingerprint density at radius 3 is 2.76 bits per heavy atom. The van der Waals surface area contributed by atoms with Crippen LogP contribution in [-0.4, -0.2) is 51.5 Å². The molecule has 0 bridgehead atoms. The largest absolute Gasteiger partial charge is 0.394 e. The number of aromatic nitrogens is 3. The highest BCUT2D eigenvalue weighted by atomic mass is 16.3. The fourth-order valence-electron chi connectivity index (χ4n) is 1.71. The molecule has 5 N–H and O–H groups in total. The van der Waals surface area contributed by atoms with E-state index in [0.717, 1.165) is 5.69 Å². The van der Waals surface area contributed by atoms with Crippen molar-refractivity contribution in [1.29, 1.82) is 0 Å². The molecule has 17 heavy (non-hydrogen) atoms. The molecule has 2 aromatic heterocycles. The molecule has 0 aromatic carbocycles. The van der Waals surface area contributed by atoms with Crippen LogP contribution in [0, 0.1) is 0 Å². The number of likely N-dealkylation sites (N-methyl/N-ethyl adjacent to an activating group) is 1. The summed E-state index contributed by atoms with van der Waals surface area (Å²) in [7, 11) is 1.78. The van der Waals surface area contributed by atoms with E-state index < -0.39 is 0 Å². The van der Waals surface area contributed by atoms with Crippen LogP contribution >= 0.6 is 0 Å². The first kappa shape index (κ1) is 11.6. The molecule has 92 valence electrons. The van der Waals surface area contributed by atoms with Crippen LogP contribution in [-0.2, 0) is 0 Å². The van der Waals surface area contributed by atoms with E-state index in [0.29, 0.717) is 16.9 Å². The van der Waals surface area contributed by atoms with Crippen molar-refractivity contribution < 1.29 is 10.2 Å². The Bertz CT molecular complexity index is 508. The standard InChI is InChI=1S/C10H15N5O2/c1-15(6(3-16)4-17)7-2-12-9-8(7)13-5-14-10(9)11/h2,5-6,12,16-17H,3-4H2,1H3,(H2,11,13,14). The van der Waals surface area contributed by atoms with Crippen molar-refractivity contribution in [3.05, 3.63) is 12.5 Å². The number of hydrogen-bond acceptors (Lipinski definition) is 6. The molecule has 0 spiro atoms. The van der Waals surface area contributed by atoms with E-state index in [1.54, 1.807) is 18.1 Å². The number of nitrogens with two attached hydrogens (primary N) is 1. The molecule has 0 aliphatic rings. The van der Waals surface area contributed by atoms with Crippen LogP contribution in [0.15, 0.2) is 12.5 Å². The van der Waals surface area contributed by atoms with Crippen molar-refractivity contribution >= 4 is 22.5 Å². The second kappa shape index (κ2) is 4.56. The number of nitrogens with zero attached hydrogens (tertiary/aromatic N) is 3. The van der Waals surface area contributed by atoms with Crippen molar-refractivity contribution in [3.8, 4) is 0 Å². The van der Waals surface area contributed by atoms with Crippen molar-refractivity contribution in [2.45, 2.75) is 6.04 Å². The van der Waals surface area contributed by atoms with Crippen LogP contribution in [0.1, 0.15) is 0 Å². The van der Waals surface area contributed by atoms with Crippen LogP contribution in [0.2, 0.25) is 0 Å². The lowest BCUT2D eigenvalue weighted by atomic mass is 10.2. The topological polar surface area (TPSA) is 111 Å². The zero-order chi connectivity index (χ0) is 12.4. The number of H-pyrrole nitrogens is 1. The summed E-state index contributed by atoms with van der Waals surface area (Å²) in [6, 6.07) is -0.370. The van der Waals surface area contributed by atoms with Gasteiger partial charge in [-0.15, -0.1) is 0 Å². The molecule has 2 heterocycles. The molecule has 0 atom stereocenters. The molecule has 0 unspecified atom stereocenters. The molecule has 7 heteroatoms. The highest BCUT2D eigenvalue weighted by Gasteiger charge is 2.18. The molecule has 0 saturated heterocycles. The minimum absolute atomic E-state index is 0.139. The lowest BCUT2D eigenvalue weighted by Gasteiger charge is -2.25. The average molecular weight is 237 g/mol. The number of aliphatic hydroxyl groups excluding tert-OH is 2. The first-order chi connectivity index (χ1) is 8.19. The third kappa shape index (κ3) is 1.90. The second-order valence-corrected chi connectivity index (χ2v) is 3.79. The zero-order valence-corrected chi connectivity index (χ0v) is 9.46. The Morgan fingerprint density at radius 2 is 2.12 bits per heavy atom. The minimum Gasteiger partial charge on any atom is -0.394 e. The number of nitrogen functional groups attached to an aromatic ring is 1. The van der Waals surface area contributed by atoms with Gasteiger partial charge in [-0.25, -0.2) is 9.97 Å². The lowest BCUT2D eigenvalue weighted by Crippen LogP contribution is -2.37. The Labute approximate surface area is 97.9 Å². The predicted octanol–water partition coefficient (Wildman–Crippen LogP) is -0.671. The van der Waals surface area contributed by atoms with Gasteiger partial charge in [0.15, 0.2) is 5.82 Å². The molecule has 0 amide bonds. The van der Waals surface area contributed by atoms with Crippen LogP contribution < -0.4 is 10.6 Å². The van der Waals surface area contributed by atoms with Crippen LogP contribution in [0.5, 0.6) is 0 Å². The number of rotatable bonds is 4. The van der Waals surface area contributed by atoms with Crippen LogP contribution in [0.25, 0.3) is 11.0 Å². The van der Waals surface area contributed by atoms with Crippen molar-refractivity contribution in [1.82, 2.24) is 15.0 Å². The summed E-state index contributed by atoms with van der Waals surface area (Å²) in [6.07, 6.45) is 3.11. The summed E-state index contributed by atoms with van der Waals surface area (Å²) in [5.74, 6) is 0.374. The molecular formula is C10H15N5O2. The van der Waals surface area contributed by atoms with Gasteiger partial charge in [-0.05, 0) is 0 Å². The molecular weight excluding hydrogens is 222 g/mol. The van der Waals surface area contributed by atoms with Crippen molar-refractivity contribution in [2.75, 3.05) is 30.9 Å². The molecule has 0 radical (unpaired) electrons. The maximum atomic E-state index is 9.15. The maximum Gasteiger partial charge on any atom is 0.151 e. The Hall–Kier alpha value is -1.86. The number of anilines is 2. The summed E-state index contributed by atoms with van der Waals surface area (Å²) in [5, 5.41) is 18.3. The lowest BCUT2D eigenvalue weighted by molar-refractivity contribution is 0.191. The number of fused-ring (bicyclic) bond motifs is 1. The monoisotopic (exact) mass is 237 g/mol. The molecule has 0 saturated carbocycles. The second-order valence-electron chi connectivity index (χ2n) is 3.79. The number of aliphatic hydroxyl groups is 2. The van der Waals surface area contributed by atoms with E-state index in [2.05, 4.69) is 15.0 Å². The quantitative estimate of drug-likeness (QED) is 0.561. The van der Waals surface area contributed by atoms with Crippen LogP contribution in [0.4, 0.5) is 11.5 Å². The van der Waals surface area contributed by atoms with Crippen molar-refractivity contribution in [3.63, 3.8) is 0 Å². The predicted molar refractivity (Wildman–Crippen MR) is 64.7 cm³/mol. The van der Waals surface area contributed by atoms with Crippen molar-refractivity contribution in [2.24, 2.45) is 0 Å². The van der Waals surface area contributed by atoms with Gasteiger partial charge < -0.3 is 25.8 Å². The minimum atomic E-state index is -0.370. The normalized spacial score (nSPS) is 11.3. The third-order valence-electron chi connectivity index (χ3n) is 2.82. The van der Waals surface area contributed by atoms with Gasteiger partial charge in [-0.2, -0.15) is 0 Å². The molecule has 7 nitrogen and oxygen atoms in total. The molecule has 0 aliphatic carbocycles. The fraction of sp³-hybridized carbons (Fsp3) is 0.400. The van der Waals surface area contributed by atoms with Gasteiger partial charge in [-0.1, -0.05) is 0 Å². The first-order valence-electron chi connectivity index (χ1n) is 5.21. The smallest absolute Gasteiger partial charge is 0.151 e. The van der Waals surface area contributed by atoms with Gasteiger partial charge >= 0.3 is 0 Å². The summed E-state index contributed by atoms with van der Waals surface area (Å²) in [4.78, 5) is 12.8. The average Bonchev–Trinajstić information content (AvgIpc) is 2.75. The summed E-state index contributed by atoms with van der Waals surface area (Å²) in [6.45, 7) is -0.277. The summed E-state index contributed by atoms with van der Waals surface area (Å²) >= 11 is 0. The van der Waals surface area contributed by atoms with E-state index in [4.69, 9.17) is 15.9 Å². The first-order valence-corrected chi connectivity index (χ1v) is 5.21. The van der Waals surface area contributed by atoms with Gasteiger partial charge in [0.05, 0.1) is 24.9 Å². The van der Waals surface area contributed by atoms with Gasteiger partial charge in [-0.3, -0.25) is 0 Å². The Balaban J connectivity index is 2.45. The summed E-state index contributed by atoms with van der Waals surface area (Å²) in [5.41, 5.74) is 7.81. The molecule has 2 aromatic rings. The fourth-order valence-corrected chi connectivity index (χ4v) is 1.71. The Kier molecular flexibility index (Phi) is 3.12. The number of hydrogen-bond donors (Lipinski definition) is 4. The summed E-state index contributed by atoms with van der Waals surface area (Å²) < 4.78 is 0. The van der Waals surface area contributed by atoms with E-state index in [1.165, 1.54) is 6.33 Å². The van der Waals surface area contributed by atoms with E-state index in [1.807, 2.05) is 0 Å². The number of nitrogens with one attached hydrogen (secondary N) is 1. The van der Waals surface area contributed by atoms with E-state index >= 15 is 0 Å². The zero-order valence-electron chi connectivity index (χ0n) is 9.46. The van der Waals surface area contributed by atoms with E-state index in [-0.39, 0.29) is 19.3 Å². The highest BCUT2D eigenvalue weighted by Crippen LogP contribution is 2.27.